The zero-order valence-electron chi connectivity index (χ0n) is 21.7. The molecule has 1 aliphatic rings. The number of thioether (sulfide) groups is 1. The minimum absolute atomic E-state index is 0.237. The van der Waals surface area contributed by atoms with E-state index in [1.54, 1.807) is 0 Å². The molecule has 1 fully saturated rings. The van der Waals surface area contributed by atoms with E-state index in [-0.39, 0.29) is 16.4 Å². The van der Waals surface area contributed by atoms with Crippen LogP contribution < -0.4 is 20.1 Å². The van der Waals surface area contributed by atoms with Gasteiger partial charge in [0.2, 0.25) is 5.91 Å². The van der Waals surface area contributed by atoms with Gasteiger partial charge in [-0.3, -0.25) is 14.9 Å². The molecule has 1 atom stereocenters. The Hall–Kier alpha value is -4.76. The SMILES string of the molecule is Cn1c(COc2ccc(CC3SC(=O)NC3=O)cc2)nc2ccc(Oc3cccc(Nc4ccccc4)c3)cc21. The molecule has 4 aromatic carbocycles. The zero-order chi connectivity index (χ0) is 27.5. The molecule has 0 radical (unpaired) electrons. The van der Waals surface area contributed by atoms with Crippen LogP contribution in [0.15, 0.2) is 97.1 Å². The fraction of sp³-hybridized carbons (Fsp3) is 0.129. The van der Waals surface area contributed by atoms with E-state index in [0.29, 0.717) is 24.5 Å². The van der Waals surface area contributed by atoms with Gasteiger partial charge in [-0.2, -0.15) is 0 Å². The molecule has 6 rings (SSSR count). The Morgan fingerprint density at radius 3 is 2.40 bits per heavy atom. The molecule has 9 heteroatoms. The van der Waals surface area contributed by atoms with Crippen LogP contribution in [0.2, 0.25) is 0 Å². The molecular weight excluding hydrogens is 524 g/mol. The number of imidazole rings is 1. The molecule has 2 heterocycles. The first-order valence-corrected chi connectivity index (χ1v) is 13.7. The van der Waals surface area contributed by atoms with Crippen LogP contribution in [0, 0.1) is 0 Å². The van der Waals surface area contributed by atoms with Crippen LogP contribution in [0.5, 0.6) is 17.2 Å². The van der Waals surface area contributed by atoms with Crippen molar-refractivity contribution in [3.05, 3.63) is 108 Å². The maximum Gasteiger partial charge on any atom is 0.286 e. The Morgan fingerprint density at radius 1 is 0.875 bits per heavy atom. The number of ether oxygens (including phenoxy) is 2. The molecule has 1 aliphatic heterocycles. The van der Waals surface area contributed by atoms with Crippen LogP contribution in [0.4, 0.5) is 16.2 Å². The van der Waals surface area contributed by atoms with Crippen molar-refractivity contribution in [3.63, 3.8) is 0 Å². The molecule has 2 N–H and O–H groups in total. The van der Waals surface area contributed by atoms with Crippen molar-refractivity contribution in [1.29, 1.82) is 0 Å². The van der Waals surface area contributed by atoms with Crippen molar-refractivity contribution in [1.82, 2.24) is 14.9 Å². The van der Waals surface area contributed by atoms with Crippen molar-refractivity contribution in [2.24, 2.45) is 7.05 Å². The van der Waals surface area contributed by atoms with E-state index in [1.807, 2.05) is 109 Å². The summed E-state index contributed by atoms with van der Waals surface area (Å²) in [6.45, 7) is 0.295. The number of hydrogen-bond donors (Lipinski definition) is 2. The number of aryl methyl sites for hydroxylation is 1. The number of nitrogens with one attached hydrogen (secondary N) is 2. The summed E-state index contributed by atoms with van der Waals surface area (Å²) in [6, 6.07) is 31.2. The second-order valence-electron chi connectivity index (χ2n) is 9.38. The molecule has 1 unspecified atom stereocenters. The lowest BCUT2D eigenvalue weighted by Crippen LogP contribution is -2.25. The van der Waals surface area contributed by atoms with Crippen molar-refractivity contribution in [2.75, 3.05) is 5.32 Å². The number of benzene rings is 4. The fourth-order valence-corrected chi connectivity index (χ4v) is 5.34. The average molecular weight is 551 g/mol. The van der Waals surface area contributed by atoms with Gasteiger partial charge in [-0.05, 0) is 60.5 Å². The highest BCUT2D eigenvalue weighted by molar-refractivity contribution is 8.15. The second-order valence-corrected chi connectivity index (χ2v) is 10.6. The number of amides is 2. The van der Waals surface area contributed by atoms with Gasteiger partial charge in [0, 0.05) is 30.6 Å². The molecule has 2 amide bonds. The molecular formula is C31H26N4O4S. The number of hydrogen-bond acceptors (Lipinski definition) is 7. The van der Waals surface area contributed by atoms with Crippen LogP contribution in [0.3, 0.4) is 0 Å². The zero-order valence-corrected chi connectivity index (χ0v) is 22.5. The summed E-state index contributed by atoms with van der Waals surface area (Å²) in [4.78, 5) is 27.9. The minimum atomic E-state index is -0.386. The normalized spacial score (nSPS) is 14.8. The monoisotopic (exact) mass is 550 g/mol. The highest BCUT2D eigenvalue weighted by Gasteiger charge is 2.31. The van der Waals surface area contributed by atoms with E-state index >= 15 is 0 Å². The van der Waals surface area contributed by atoms with Crippen LogP contribution in [0.1, 0.15) is 11.4 Å². The number of imide groups is 1. The molecule has 40 heavy (non-hydrogen) atoms. The van der Waals surface area contributed by atoms with E-state index in [2.05, 4.69) is 10.6 Å². The fourth-order valence-electron chi connectivity index (χ4n) is 4.49. The molecule has 0 spiro atoms. The summed E-state index contributed by atoms with van der Waals surface area (Å²) in [5.74, 6) is 2.69. The van der Waals surface area contributed by atoms with Gasteiger partial charge in [0.1, 0.15) is 29.7 Å². The van der Waals surface area contributed by atoms with Crippen molar-refractivity contribution in [3.8, 4) is 17.2 Å². The topological polar surface area (TPSA) is 94.5 Å². The Balaban J connectivity index is 1.10. The standard InChI is InChI=1S/C31H26N4O4S/c1-35-27-18-25(39-24-9-5-8-22(17-24)32-21-6-3-2-4-7-21)14-15-26(27)33-29(35)19-38-23-12-10-20(11-13-23)16-28-30(36)34-31(37)40-28/h2-15,17-18,28,32H,16,19H2,1H3,(H,34,36,37). The Bertz CT molecular complexity index is 1690. The first kappa shape index (κ1) is 25.5. The van der Waals surface area contributed by atoms with E-state index in [1.165, 1.54) is 0 Å². The van der Waals surface area contributed by atoms with Crippen molar-refractivity contribution in [2.45, 2.75) is 18.3 Å². The quantitative estimate of drug-likeness (QED) is 0.214. The minimum Gasteiger partial charge on any atom is -0.486 e. The summed E-state index contributed by atoms with van der Waals surface area (Å²) in [5.41, 5.74) is 4.70. The maximum atomic E-state index is 11.8. The van der Waals surface area contributed by atoms with Crippen LogP contribution >= 0.6 is 11.8 Å². The number of carbonyl (C=O) groups is 2. The van der Waals surface area contributed by atoms with Gasteiger partial charge in [-0.1, -0.05) is 48.2 Å². The lowest BCUT2D eigenvalue weighted by atomic mass is 10.1. The van der Waals surface area contributed by atoms with Gasteiger partial charge in [0.15, 0.2) is 0 Å². The molecule has 0 saturated carbocycles. The van der Waals surface area contributed by atoms with Gasteiger partial charge < -0.3 is 19.4 Å². The highest BCUT2D eigenvalue weighted by atomic mass is 32.2. The molecule has 0 aliphatic carbocycles. The third-order valence-corrected chi connectivity index (χ3v) is 7.54. The van der Waals surface area contributed by atoms with E-state index in [9.17, 15) is 9.59 Å². The third kappa shape index (κ3) is 5.79. The number of para-hydroxylation sites is 1. The predicted octanol–water partition coefficient (Wildman–Crippen LogP) is 6.58. The first-order valence-electron chi connectivity index (χ1n) is 12.8. The molecule has 200 valence electrons. The van der Waals surface area contributed by atoms with Crippen LogP contribution in [0.25, 0.3) is 11.0 Å². The molecule has 1 saturated heterocycles. The third-order valence-electron chi connectivity index (χ3n) is 6.56. The van der Waals surface area contributed by atoms with Gasteiger partial charge in [-0.15, -0.1) is 0 Å². The average Bonchev–Trinajstić information content (AvgIpc) is 3.45. The number of carbonyl (C=O) groups excluding carboxylic acids is 2. The van der Waals surface area contributed by atoms with Crippen molar-refractivity contribution < 1.29 is 19.1 Å². The van der Waals surface area contributed by atoms with E-state index in [4.69, 9.17) is 14.5 Å². The number of nitrogens with zero attached hydrogens (tertiary/aromatic N) is 2. The summed E-state index contributed by atoms with van der Waals surface area (Å²) < 4.78 is 14.2. The first-order chi connectivity index (χ1) is 19.5. The highest BCUT2D eigenvalue weighted by Crippen LogP contribution is 2.29. The second kappa shape index (κ2) is 11.2. The number of fused-ring (bicyclic) bond motifs is 1. The smallest absolute Gasteiger partial charge is 0.286 e. The largest absolute Gasteiger partial charge is 0.486 e. The summed E-state index contributed by atoms with van der Waals surface area (Å²) in [7, 11) is 1.96. The Kier molecular flexibility index (Phi) is 7.11. The summed E-state index contributed by atoms with van der Waals surface area (Å²) in [5, 5.41) is 5.03. The number of rotatable bonds is 9. The lowest BCUT2D eigenvalue weighted by Gasteiger charge is -2.10. The number of aromatic nitrogens is 2. The van der Waals surface area contributed by atoms with E-state index < -0.39 is 0 Å². The van der Waals surface area contributed by atoms with Crippen LogP contribution in [-0.2, 0) is 24.9 Å². The van der Waals surface area contributed by atoms with Gasteiger partial charge in [0.05, 0.1) is 16.3 Å². The van der Waals surface area contributed by atoms with Gasteiger partial charge in [-0.25, -0.2) is 4.98 Å². The maximum absolute atomic E-state index is 11.8. The Labute approximate surface area is 235 Å². The molecule has 8 nitrogen and oxygen atoms in total. The van der Waals surface area contributed by atoms with Gasteiger partial charge >= 0.3 is 0 Å². The van der Waals surface area contributed by atoms with Gasteiger partial charge in [0.25, 0.3) is 5.24 Å². The molecule has 5 aromatic rings. The lowest BCUT2D eigenvalue weighted by molar-refractivity contribution is -0.118. The predicted molar refractivity (Wildman–Crippen MR) is 156 cm³/mol. The van der Waals surface area contributed by atoms with E-state index in [0.717, 1.165) is 51.3 Å². The summed E-state index contributed by atoms with van der Waals surface area (Å²) in [6.07, 6.45) is 0.492. The van der Waals surface area contributed by atoms with Crippen molar-refractivity contribution >= 4 is 45.3 Å². The molecule has 1 aromatic heterocycles. The Morgan fingerprint density at radius 2 is 1.62 bits per heavy atom. The van der Waals surface area contributed by atoms with Crippen LogP contribution in [-0.4, -0.2) is 25.9 Å². The summed E-state index contributed by atoms with van der Waals surface area (Å²) >= 11 is 1.03. The number of anilines is 2. The molecule has 0 bridgehead atoms.